The molecule has 1 aliphatic heterocycles. The van der Waals surface area contributed by atoms with Gasteiger partial charge in [0.15, 0.2) is 0 Å². The van der Waals surface area contributed by atoms with E-state index in [1.807, 2.05) is 18.2 Å². The van der Waals surface area contributed by atoms with Crippen LogP contribution in [0.4, 0.5) is 18.2 Å². The fourth-order valence-electron chi connectivity index (χ4n) is 5.28. The summed E-state index contributed by atoms with van der Waals surface area (Å²) >= 11 is 7.05. The van der Waals surface area contributed by atoms with Crippen molar-refractivity contribution in [1.82, 2.24) is 10.3 Å². The zero-order valence-corrected chi connectivity index (χ0v) is 24.2. The summed E-state index contributed by atoms with van der Waals surface area (Å²) in [6.45, 7) is 2.26. The number of amides is 2. The summed E-state index contributed by atoms with van der Waals surface area (Å²) in [5.74, 6) is -0.894. The van der Waals surface area contributed by atoms with E-state index < -0.39 is 22.7 Å². The maximum atomic E-state index is 13.3. The molecule has 1 saturated heterocycles. The highest BCUT2D eigenvalue weighted by molar-refractivity contribution is 7.17. The molecule has 222 valence electrons. The van der Waals surface area contributed by atoms with Crippen LogP contribution in [0.5, 0.6) is 0 Å². The van der Waals surface area contributed by atoms with E-state index >= 15 is 0 Å². The molecule has 2 amide bonds. The maximum Gasteiger partial charge on any atom is 0.417 e. The number of hydrazone groups is 1. The number of nitrogens with one attached hydrogen (secondary N) is 2. The number of thiophene rings is 1. The third kappa shape index (κ3) is 7.20. The smallest absolute Gasteiger partial charge is 0.393 e. The highest BCUT2D eigenvalue weighted by Crippen LogP contribution is 2.38. The first-order valence-corrected chi connectivity index (χ1v) is 14.9. The van der Waals surface area contributed by atoms with Gasteiger partial charge in [-0.2, -0.15) is 18.3 Å². The summed E-state index contributed by atoms with van der Waals surface area (Å²) in [6, 6.07) is 10.7. The van der Waals surface area contributed by atoms with Gasteiger partial charge in [-0.25, -0.2) is 5.43 Å². The first-order valence-electron chi connectivity index (χ1n) is 13.7. The molecule has 1 aromatic heterocycles. The van der Waals surface area contributed by atoms with E-state index in [-0.39, 0.29) is 17.6 Å². The minimum atomic E-state index is -4.62. The number of carbonyl (C=O) groups excluding carboxylic acids is 2. The van der Waals surface area contributed by atoms with Crippen molar-refractivity contribution in [3.63, 3.8) is 0 Å². The average molecular weight is 619 g/mol. The van der Waals surface area contributed by atoms with Crippen molar-refractivity contribution in [1.29, 1.82) is 0 Å². The number of alkyl halides is 3. The fraction of sp³-hybridized carbons (Fsp3) is 0.367. The van der Waals surface area contributed by atoms with Crippen LogP contribution < -0.4 is 10.7 Å². The fourth-order valence-corrected chi connectivity index (χ4v) is 6.78. The molecule has 42 heavy (non-hydrogen) atoms. The number of benzene rings is 2. The van der Waals surface area contributed by atoms with E-state index in [0.717, 1.165) is 79.5 Å². The molecule has 1 fully saturated rings. The number of carbonyl (C=O) groups is 2. The Balaban J connectivity index is 1.31. The van der Waals surface area contributed by atoms with E-state index in [1.54, 1.807) is 6.07 Å². The molecular formula is C30H30ClF3N4O3S. The molecule has 3 N–H and O–H groups in total. The quantitative estimate of drug-likeness (QED) is 0.215. The third-order valence-electron chi connectivity index (χ3n) is 7.45. The monoisotopic (exact) mass is 618 g/mol. The molecule has 0 unspecified atom stereocenters. The lowest BCUT2D eigenvalue weighted by Gasteiger charge is -2.29. The number of aliphatic hydroxyl groups is 1. The Morgan fingerprint density at radius 3 is 2.62 bits per heavy atom. The molecule has 0 saturated carbocycles. The molecule has 0 bridgehead atoms. The molecule has 1 aliphatic carbocycles. The van der Waals surface area contributed by atoms with Gasteiger partial charge in [-0.1, -0.05) is 29.8 Å². The summed E-state index contributed by atoms with van der Waals surface area (Å²) in [4.78, 5) is 29.9. The first kappa shape index (κ1) is 30.2. The van der Waals surface area contributed by atoms with Gasteiger partial charge in [0.1, 0.15) is 5.00 Å². The molecular weight excluding hydrogens is 589 g/mol. The molecule has 2 aromatic carbocycles. The Hall–Kier alpha value is -3.25. The molecule has 2 heterocycles. The predicted molar refractivity (Wildman–Crippen MR) is 157 cm³/mol. The number of anilines is 1. The number of fused-ring (bicyclic) bond motifs is 1. The van der Waals surface area contributed by atoms with E-state index in [1.165, 1.54) is 17.4 Å². The van der Waals surface area contributed by atoms with Crippen LogP contribution in [0.25, 0.3) is 0 Å². The number of hydrogen-bond acceptors (Lipinski definition) is 6. The Kier molecular flexibility index (Phi) is 9.32. The van der Waals surface area contributed by atoms with Crippen LogP contribution in [0.2, 0.25) is 5.02 Å². The van der Waals surface area contributed by atoms with Crippen LogP contribution in [0, 0.1) is 0 Å². The molecule has 7 nitrogen and oxygen atoms in total. The normalized spacial score (nSPS) is 16.4. The highest BCUT2D eigenvalue weighted by Gasteiger charge is 2.33. The number of piperidine rings is 1. The molecule has 2 aliphatic rings. The number of likely N-dealkylation sites (tertiary alicyclic amines) is 1. The standard InChI is InChI=1S/C30H30ClF3N4O3S/c31-24-9-8-18(15-23(24)30(32,33)34)16-35-37-28(41)26-22-6-1-2-7-25(22)42-29(26)36-27(40)20-5-3-4-19(14-20)17-38-12-10-21(39)11-13-38/h3-5,8-9,14-16,21,39H,1-2,6-7,10-13,17H2,(H,36,40)(H,37,41)/b35-16-. The van der Waals surface area contributed by atoms with Gasteiger partial charge >= 0.3 is 6.18 Å². The van der Waals surface area contributed by atoms with E-state index in [0.29, 0.717) is 29.1 Å². The van der Waals surface area contributed by atoms with Gasteiger partial charge < -0.3 is 10.4 Å². The van der Waals surface area contributed by atoms with Crippen LogP contribution in [0.3, 0.4) is 0 Å². The van der Waals surface area contributed by atoms with Crippen molar-refractivity contribution < 1.29 is 27.9 Å². The molecule has 0 atom stereocenters. The summed E-state index contributed by atoms with van der Waals surface area (Å²) in [5, 5.41) is 16.6. The maximum absolute atomic E-state index is 13.3. The summed E-state index contributed by atoms with van der Waals surface area (Å²) in [5.41, 5.74) is 4.18. The van der Waals surface area contributed by atoms with Crippen LogP contribution in [-0.4, -0.2) is 47.2 Å². The van der Waals surface area contributed by atoms with Crippen LogP contribution in [-0.2, 0) is 25.6 Å². The molecule has 3 aromatic rings. The van der Waals surface area contributed by atoms with Crippen molar-refractivity contribution in [2.75, 3.05) is 18.4 Å². The molecule has 0 spiro atoms. The number of nitrogens with zero attached hydrogens (tertiary/aromatic N) is 2. The Labute approximate surface area is 250 Å². The van der Waals surface area contributed by atoms with Gasteiger partial charge in [-0.05, 0) is 79.5 Å². The van der Waals surface area contributed by atoms with Crippen molar-refractivity contribution in [3.05, 3.63) is 85.7 Å². The number of aliphatic hydroxyl groups excluding tert-OH is 1. The highest BCUT2D eigenvalue weighted by atomic mass is 35.5. The van der Waals surface area contributed by atoms with Gasteiger partial charge in [-0.3, -0.25) is 14.5 Å². The summed E-state index contributed by atoms with van der Waals surface area (Å²) < 4.78 is 39.6. The van der Waals surface area contributed by atoms with Gasteiger partial charge in [0.2, 0.25) is 0 Å². The topological polar surface area (TPSA) is 94.0 Å². The second kappa shape index (κ2) is 12.9. The average Bonchev–Trinajstić information content (AvgIpc) is 3.32. The zero-order chi connectivity index (χ0) is 29.9. The van der Waals surface area contributed by atoms with Crippen molar-refractivity contribution in [2.24, 2.45) is 5.10 Å². The van der Waals surface area contributed by atoms with Gasteiger partial charge in [0.25, 0.3) is 11.8 Å². The van der Waals surface area contributed by atoms with E-state index in [2.05, 4.69) is 20.7 Å². The lowest BCUT2D eigenvalue weighted by Crippen LogP contribution is -2.35. The van der Waals surface area contributed by atoms with Crippen LogP contribution >= 0.6 is 22.9 Å². The lowest BCUT2D eigenvalue weighted by molar-refractivity contribution is -0.137. The number of rotatable bonds is 7. The van der Waals surface area contributed by atoms with E-state index in [9.17, 15) is 27.9 Å². The van der Waals surface area contributed by atoms with Gasteiger partial charge in [0.05, 0.1) is 28.5 Å². The third-order valence-corrected chi connectivity index (χ3v) is 8.99. The Morgan fingerprint density at radius 2 is 1.86 bits per heavy atom. The summed E-state index contributed by atoms with van der Waals surface area (Å²) in [7, 11) is 0. The van der Waals surface area contributed by atoms with E-state index in [4.69, 9.17) is 11.6 Å². The number of hydrogen-bond donors (Lipinski definition) is 3. The Bertz CT molecular complexity index is 1500. The Morgan fingerprint density at radius 1 is 1.10 bits per heavy atom. The zero-order valence-electron chi connectivity index (χ0n) is 22.6. The number of aryl methyl sites for hydroxylation is 1. The molecule has 5 rings (SSSR count). The SMILES string of the molecule is O=C(Nc1sc2c(c1C(=O)N/N=C\c1ccc(Cl)c(C(F)(F)F)c1)CCCC2)c1cccc(CN2CCC(O)CC2)c1. The van der Waals surface area contributed by atoms with Gasteiger partial charge in [-0.15, -0.1) is 11.3 Å². The second-order valence-electron chi connectivity index (χ2n) is 10.5. The second-order valence-corrected chi connectivity index (χ2v) is 12.0. The van der Waals surface area contributed by atoms with Crippen molar-refractivity contribution in [3.8, 4) is 0 Å². The minimum Gasteiger partial charge on any atom is -0.393 e. The summed E-state index contributed by atoms with van der Waals surface area (Å²) in [6.07, 6.45) is 1.06. The predicted octanol–water partition coefficient (Wildman–Crippen LogP) is 6.27. The van der Waals surface area contributed by atoms with Crippen molar-refractivity contribution in [2.45, 2.75) is 57.3 Å². The number of halogens is 4. The first-order chi connectivity index (χ1) is 20.1. The molecule has 0 radical (unpaired) electrons. The van der Waals surface area contributed by atoms with Crippen LogP contribution in [0.15, 0.2) is 47.6 Å². The lowest BCUT2D eigenvalue weighted by atomic mass is 9.95. The van der Waals surface area contributed by atoms with Gasteiger partial charge in [0, 0.05) is 30.1 Å². The largest absolute Gasteiger partial charge is 0.417 e. The van der Waals surface area contributed by atoms with Crippen molar-refractivity contribution >= 4 is 46.0 Å². The minimum absolute atomic E-state index is 0.119. The molecule has 12 heteroatoms. The van der Waals surface area contributed by atoms with Crippen LogP contribution in [0.1, 0.15) is 73.5 Å².